The molecular formula is C17H25IN6O. The minimum atomic E-state index is 0. The van der Waals surface area contributed by atoms with Crippen molar-refractivity contribution in [2.75, 3.05) is 20.7 Å². The van der Waals surface area contributed by atoms with E-state index in [2.05, 4.69) is 42.5 Å². The summed E-state index contributed by atoms with van der Waals surface area (Å²) >= 11 is 0. The molecule has 2 N–H and O–H groups in total. The number of nitrogens with one attached hydrogen (secondary N) is 2. The van der Waals surface area contributed by atoms with Gasteiger partial charge in [-0.25, -0.2) is 0 Å². The molecule has 8 heteroatoms. The number of fused-ring (bicyclic) bond motifs is 1. The first-order valence-electron chi connectivity index (χ1n) is 8.28. The van der Waals surface area contributed by atoms with Crippen molar-refractivity contribution >= 4 is 29.9 Å². The number of benzene rings is 1. The zero-order valence-electron chi connectivity index (χ0n) is 14.7. The molecule has 25 heavy (non-hydrogen) atoms. The Morgan fingerprint density at radius 1 is 1.24 bits per heavy atom. The lowest BCUT2D eigenvalue weighted by Crippen LogP contribution is -2.38. The van der Waals surface area contributed by atoms with Gasteiger partial charge in [-0.3, -0.25) is 4.99 Å². The fourth-order valence-electron chi connectivity index (χ4n) is 2.84. The Balaban J connectivity index is 0.00000225. The highest BCUT2D eigenvalue weighted by Gasteiger charge is 2.16. The largest absolute Gasteiger partial charge is 0.497 e. The Morgan fingerprint density at radius 3 is 2.76 bits per heavy atom. The summed E-state index contributed by atoms with van der Waals surface area (Å²) in [4.78, 5) is 4.26. The molecule has 0 amide bonds. The van der Waals surface area contributed by atoms with E-state index < -0.39 is 0 Å². The first-order chi connectivity index (χ1) is 11.8. The van der Waals surface area contributed by atoms with Crippen LogP contribution in [0, 0.1) is 0 Å². The summed E-state index contributed by atoms with van der Waals surface area (Å²) in [6.45, 7) is 2.46. The minimum Gasteiger partial charge on any atom is -0.497 e. The molecule has 1 aromatic heterocycles. The molecule has 2 heterocycles. The Hall–Kier alpha value is -1.84. The molecule has 0 spiro atoms. The van der Waals surface area contributed by atoms with Crippen LogP contribution in [0.1, 0.15) is 23.6 Å². The normalized spacial score (nSPS) is 13.1. The van der Waals surface area contributed by atoms with Crippen LogP contribution < -0.4 is 15.4 Å². The van der Waals surface area contributed by atoms with Crippen molar-refractivity contribution in [2.45, 2.75) is 32.4 Å². The number of rotatable bonds is 6. The Labute approximate surface area is 165 Å². The second-order valence-electron chi connectivity index (χ2n) is 5.74. The fraction of sp³-hybridized carbons (Fsp3) is 0.471. The monoisotopic (exact) mass is 456 g/mol. The highest BCUT2D eigenvalue weighted by molar-refractivity contribution is 14.0. The summed E-state index contributed by atoms with van der Waals surface area (Å²) in [5.74, 6) is 3.72. The molecule has 0 radical (unpaired) electrons. The van der Waals surface area contributed by atoms with Crippen molar-refractivity contribution in [3.63, 3.8) is 0 Å². The van der Waals surface area contributed by atoms with E-state index >= 15 is 0 Å². The molecule has 0 unspecified atom stereocenters. The van der Waals surface area contributed by atoms with Crippen molar-refractivity contribution in [2.24, 2.45) is 4.99 Å². The molecule has 0 bridgehead atoms. The molecule has 3 rings (SSSR count). The van der Waals surface area contributed by atoms with Gasteiger partial charge in [0.25, 0.3) is 0 Å². The number of aromatic nitrogens is 3. The van der Waals surface area contributed by atoms with E-state index in [0.29, 0.717) is 6.54 Å². The standard InChI is InChI=1S/C17H24N6O.HI/c1-18-17(19-10-9-13-5-7-14(24-2)8-6-13)20-12-16-22-21-15-4-3-11-23(15)16;/h5-8H,3-4,9-12H2,1-2H3,(H2,18,19,20);1H. The van der Waals surface area contributed by atoms with E-state index in [9.17, 15) is 0 Å². The van der Waals surface area contributed by atoms with Gasteiger partial charge in [-0.1, -0.05) is 12.1 Å². The summed E-state index contributed by atoms with van der Waals surface area (Å²) in [5, 5.41) is 15.1. The van der Waals surface area contributed by atoms with Gasteiger partial charge in [0.05, 0.1) is 13.7 Å². The SMILES string of the molecule is CN=C(NCCc1ccc(OC)cc1)NCc1nnc2n1CCC2.I. The van der Waals surface area contributed by atoms with Crippen molar-refractivity contribution < 1.29 is 4.74 Å². The topological polar surface area (TPSA) is 76.4 Å². The number of nitrogens with zero attached hydrogens (tertiary/aromatic N) is 4. The molecule has 0 atom stereocenters. The Bertz CT molecular complexity index is 698. The van der Waals surface area contributed by atoms with Crippen molar-refractivity contribution in [3.8, 4) is 5.75 Å². The van der Waals surface area contributed by atoms with Crippen LogP contribution in [0.15, 0.2) is 29.3 Å². The van der Waals surface area contributed by atoms with Crippen molar-refractivity contribution in [1.29, 1.82) is 0 Å². The van der Waals surface area contributed by atoms with Crippen LogP contribution in [0.25, 0.3) is 0 Å². The first-order valence-corrected chi connectivity index (χ1v) is 8.28. The maximum absolute atomic E-state index is 5.17. The van der Waals surface area contributed by atoms with Gasteiger partial charge in [-0.2, -0.15) is 0 Å². The molecule has 136 valence electrons. The molecule has 1 aromatic carbocycles. The molecule has 1 aliphatic rings. The molecule has 7 nitrogen and oxygen atoms in total. The van der Waals surface area contributed by atoms with Gasteiger partial charge in [-0.15, -0.1) is 34.2 Å². The quantitative estimate of drug-likeness (QED) is 0.394. The average Bonchev–Trinajstić information content (AvgIpc) is 3.22. The van der Waals surface area contributed by atoms with E-state index in [1.165, 1.54) is 5.56 Å². The zero-order chi connectivity index (χ0) is 16.8. The number of hydrogen-bond donors (Lipinski definition) is 2. The molecule has 0 aliphatic carbocycles. The third-order valence-electron chi connectivity index (χ3n) is 4.19. The van der Waals surface area contributed by atoms with Gasteiger partial charge in [0.15, 0.2) is 11.8 Å². The van der Waals surface area contributed by atoms with Crippen molar-refractivity contribution in [3.05, 3.63) is 41.5 Å². The van der Waals surface area contributed by atoms with Gasteiger partial charge in [-0.05, 0) is 30.5 Å². The zero-order valence-corrected chi connectivity index (χ0v) is 17.0. The van der Waals surface area contributed by atoms with Gasteiger partial charge in [0.2, 0.25) is 0 Å². The molecule has 0 saturated carbocycles. The van der Waals surface area contributed by atoms with Crippen LogP contribution in [0.2, 0.25) is 0 Å². The lowest BCUT2D eigenvalue weighted by atomic mass is 10.1. The van der Waals surface area contributed by atoms with Crippen LogP contribution in [0.5, 0.6) is 5.75 Å². The predicted octanol–water partition coefficient (Wildman–Crippen LogP) is 1.76. The highest BCUT2D eigenvalue weighted by Crippen LogP contribution is 2.13. The number of guanidine groups is 1. The summed E-state index contributed by atoms with van der Waals surface area (Å²) in [6.07, 6.45) is 3.11. The van der Waals surface area contributed by atoms with E-state index in [1.54, 1.807) is 14.2 Å². The third-order valence-corrected chi connectivity index (χ3v) is 4.19. The fourth-order valence-corrected chi connectivity index (χ4v) is 2.84. The van der Waals surface area contributed by atoms with Crippen LogP contribution in [0.4, 0.5) is 0 Å². The lowest BCUT2D eigenvalue weighted by molar-refractivity contribution is 0.414. The number of hydrogen-bond acceptors (Lipinski definition) is 4. The van der Waals surface area contributed by atoms with Crippen molar-refractivity contribution in [1.82, 2.24) is 25.4 Å². The summed E-state index contributed by atoms with van der Waals surface area (Å²) in [5.41, 5.74) is 1.26. The number of methoxy groups -OCH3 is 1. The minimum absolute atomic E-state index is 0. The number of ether oxygens (including phenoxy) is 1. The predicted molar refractivity (Wildman–Crippen MR) is 109 cm³/mol. The van der Waals surface area contributed by atoms with E-state index in [4.69, 9.17) is 4.74 Å². The molecule has 0 saturated heterocycles. The Morgan fingerprint density at radius 2 is 2.04 bits per heavy atom. The maximum Gasteiger partial charge on any atom is 0.191 e. The molecular weight excluding hydrogens is 431 g/mol. The van der Waals surface area contributed by atoms with Gasteiger partial charge in [0, 0.05) is 26.6 Å². The number of aryl methyl sites for hydroxylation is 1. The highest BCUT2D eigenvalue weighted by atomic mass is 127. The molecule has 0 fully saturated rings. The third kappa shape index (κ3) is 5.07. The first kappa shape index (κ1) is 19.5. The summed E-state index contributed by atoms with van der Waals surface area (Å²) < 4.78 is 7.36. The average molecular weight is 456 g/mol. The van der Waals surface area contributed by atoms with Gasteiger partial charge in [0.1, 0.15) is 11.6 Å². The maximum atomic E-state index is 5.17. The van der Waals surface area contributed by atoms with Crippen LogP contribution >= 0.6 is 24.0 Å². The second-order valence-corrected chi connectivity index (χ2v) is 5.74. The van der Waals surface area contributed by atoms with Crippen LogP contribution in [-0.4, -0.2) is 41.4 Å². The second kappa shape index (κ2) is 9.59. The van der Waals surface area contributed by atoms with E-state index in [0.717, 1.165) is 55.7 Å². The number of aliphatic imine (C=N–C) groups is 1. The van der Waals surface area contributed by atoms with Gasteiger partial charge < -0.3 is 19.9 Å². The summed E-state index contributed by atoms with van der Waals surface area (Å²) in [6, 6.07) is 8.12. The molecule has 1 aliphatic heterocycles. The Kier molecular flexibility index (Phi) is 7.48. The number of halogens is 1. The van der Waals surface area contributed by atoms with Gasteiger partial charge >= 0.3 is 0 Å². The molecule has 2 aromatic rings. The van der Waals surface area contributed by atoms with Crippen LogP contribution in [0.3, 0.4) is 0 Å². The summed E-state index contributed by atoms with van der Waals surface area (Å²) in [7, 11) is 3.45. The van der Waals surface area contributed by atoms with E-state index in [-0.39, 0.29) is 24.0 Å². The van der Waals surface area contributed by atoms with Crippen LogP contribution in [-0.2, 0) is 25.9 Å². The smallest absolute Gasteiger partial charge is 0.191 e. The van der Waals surface area contributed by atoms with E-state index in [1.807, 2.05) is 12.1 Å². The lowest BCUT2D eigenvalue weighted by Gasteiger charge is -2.12.